The highest BCUT2D eigenvalue weighted by Crippen LogP contribution is 2.29. The second-order valence-electron chi connectivity index (χ2n) is 6.83. The summed E-state index contributed by atoms with van der Waals surface area (Å²) in [6.45, 7) is 3.17. The molecule has 2 fully saturated rings. The molecule has 2 aromatic heterocycles. The van der Waals surface area contributed by atoms with Crippen molar-refractivity contribution in [3.05, 3.63) is 60.2 Å². The Morgan fingerprint density at radius 3 is 2.36 bits per heavy atom. The molecule has 4 rings (SSSR count). The van der Waals surface area contributed by atoms with Crippen LogP contribution in [0.4, 0.5) is 0 Å². The summed E-state index contributed by atoms with van der Waals surface area (Å²) in [6.07, 6.45) is 5.41. The number of aromatic nitrogens is 2. The Balaban J connectivity index is 1.53. The molecular formula is C18H22N4O2S. The zero-order valence-corrected chi connectivity index (χ0v) is 14.8. The molecule has 7 heteroatoms. The topological polar surface area (TPSA) is 66.4 Å². The Hall–Kier alpha value is -1.83. The van der Waals surface area contributed by atoms with Gasteiger partial charge in [-0.1, -0.05) is 12.1 Å². The van der Waals surface area contributed by atoms with Crippen LogP contribution in [0.3, 0.4) is 0 Å². The lowest BCUT2D eigenvalue weighted by atomic mass is 10.0. The van der Waals surface area contributed by atoms with E-state index in [2.05, 4.69) is 19.8 Å². The largest absolute Gasteiger partial charge is 0.292 e. The highest BCUT2D eigenvalue weighted by atomic mass is 32.2. The van der Waals surface area contributed by atoms with E-state index >= 15 is 0 Å². The number of piperazine rings is 1. The summed E-state index contributed by atoms with van der Waals surface area (Å²) in [5.41, 5.74) is 2.12. The van der Waals surface area contributed by atoms with Crippen molar-refractivity contribution in [2.24, 2.45) is 0 Å². The monoisotopic (exact) mass is 358 g/mol. The first-order chi connectivity index (χ1) is 12.1. The first kappa shape index (κ1) is 16.6. The molecule has 0 amide bonds. The quantitative estimate of drug-likeness (QED) is 0.811. The summed E-state index contributed by atoms with van der Waals surface area (Å²) in [7, 11) is -3.00. The number of hydrogen-bond donors (Lipinski definition) is 0. The molecule has 2 atom stereocenters. The fourth-order valence-electron chi connectivity index (χ4n) is 3.92. The molecule has 2 aliphatic heterocycles. The molecule has 0 unspecified atom stereocenters. The van der Waals surface area contributed by atoms with Crippen molar-refractivity contribution in [1.29, 1.82) is 0 Å². The van der Waals surface area contributed by atoms with Gasteiger partial charge in [0.05, 0.1) is 17.2 Å². The van der Waals surface area contributed by atoms with Gasteiger partial charge in [0.25, 0.3) is 0 Å². The van der Waals surface area contributed by atoms with Gasteiger partial charge in [-0.15, -0.1) is 0 Å². The van der Waals surface area contributed by atoms with Crippen LogP contribution in [0, 0.1) is 0 Å². The van der Waals surface area contributed by atoms with E-state index in [4.69, 9.17) is 0 Å². The van der Waals surface area contributed by atoms with Gasteiger partial charge in [0.15, 0.2) is 9.84 Å². The Labute approximate surface area is 148 Å². The molecule has 132 valence electrons. The predicted octanol–water partition coefficient (Wildman–Crippen LogP) is 0.960. The van der Waals surface area contributed by atoms with E-state index in [1.54, 1.807) is 12.4 Å². The Kier molecular flexibility index (Phi) is 4.54. The maximum absolute atomic E-state index is 12.3. The van der Waals surface area contributed by atoms with Gasteiger partial charge in [-0.05, 0) is 23.8 Å². The first-order valence-electron chi connectivity index (χ1n) is 8.58. The molecule has 6 nitrogen and oxygen atoms in total. The van der Waals surface area contributed by atoms with Gasteiger partial charge in [-0.3, -0.25) is 19.8 Å². The summed E-state index contributed by atoms with van der Waals surface area (Å²) in [5, 5.41) is 0. The molecule has 0 bridgehead atoms. The van der Waals surface area contributed by atoms with E-state index in [1.165, 1.54) is 0 Å². The summed E-state index contributed by atoms with van der Waals surface area (Å²) in [4.78, 5) is 13.2. The smallest absolute Gasteiger partial charge is 0.153 e. The maximum Gasteiger partial charge on any atom is 0.153 e. The highest BCUT2D eigenvalue weighted by Gasteiger charge is 2.46. The van der Waals surface area contributed by atoms with Gasteiger partial charge in [-0.25, -0.2) is 8.42 Å². The minimum atomic E-state index is -3.00. The van der Waals surface area contributed by atoms with E-state index in [1.807, 2.05) is 36.5 Å². The van der Waals surface area contributed by atoms with Crippen molar-refractivity contribution in [2.75, 3.05) is 24.6 Å². The third-order valence-electron chi connectivity index (χ3n) is 5.11. The van der Waals surface area contributed by atoms with E-state index in [0.29, 0.717) is 6.54 Å². The molecule has 2 saturated heterocycles. The lowest BCUT2D eigenvalue weighted by Gasteiger charge is -2.43. The van der Waals surface area contributed by atoms with Gasteiger partial charge in [0.1, 0.15) is 0 Å². The van der Waals surface area contributed by atoms with Crippen molar-refractivity contribution < 1.29 is 8.42 Å². The number of pyridine rings is 2. The van der Waals surface area contributed by atoms with Gasteiger partial charge in [0, 0.05) is 56.9 Å². The van der Waals surface area contributed by atoms with Gasteiger partial charge in [-0.2, -0.15) is 0 Å². The Bertz CT molecular complexity index is 750. The first-order valence-corrected chi connectivity index (χ1v) is 10.4. The average Bonchev–Trinajstić information content (AvgIpc) is 2.95. The lowest BCUT2D eigenvalue weighted by Crippen LogP contribution is -2.58. The predicted molar refractivity (Wildman–Crippen MR) is 95.5 cm³/mol. The van der Waals surface area contributed by atoms with Gasteiger partial charge in [0.2, 0.25) is 0 Å². The van der Waals surface area contributed by atoms with Crippen LogP contribution in [0.1, 0.15) is 11.3 Å². The molecule has 0 aliphatic carbocycles. The number of hydrogen-bond acceptors (Lipinski definition) is 6. The molecule has 2 aromatic rings. The molecule has 0 spiro atoms. The number of sulfone groups is 1. The molecular weight excluding hydrogens is 336 g/mol. The zero-order valence-electron chi connectivity index (χ0n) is 14.0. The van der Waals surface area contributed by atoms with Crippen LogP contribution in [0.5, 0.6) is 0 Å². The molecule has 0 N–H and O–H groups in total. The fraction of sp³-hybridized carbons (Fsp3) is 0.444. The summed E-state index contributed by atoms with van der Waals surface area (Å²) < 4.78 is 24.6. The van der Waals surface area contributed by atoms with Crippen LogP contribution < -0.4 is 0 Å². The van der Waals surface area contributed by atoms with Gasteiger partial charge < -0.3 is 0 Å². The number of rotatable bonds is 4. The molecule has 2 aliphatic rings. The lowest BCUT2D eigenvalue weighted by molar-refractivity contribution is 0.0347. The van der Waals surface area contributed by atoms with Crippen LogP contribution in [0.25, 0.3) is 0 Å². The van der Waals surface area contributed by atoms with E-state index < -0.39 is 9.84 Å². The van der Waals surface area contributed by atoms with E-state index in [0.717, 1.165) is 30.9 Å². The van der Waals surface area contributed by atoms with Crippen molar-refractivity contribution >= 4 is 9.84 Å². The van der Waals surface area contributed by atoms with Crippen molar-refractivity contribution in [1.82, 2.24) is 19.8 Å². The minimum absolute atomic E-state index is 0.0393. The van der Waals surface area contributed by atoms with Crippen LogP contribution in [0.2, 0.25) is 0 Å². The second kappa shape index (κ2) is 6.82. The number of nitrogens with zero attached hydrogens (tertiary/aromatic N) is 4. The van der Waals surface area contributed by atoms with Crippen molar-refractivity contribution in [2.45, 2.75) is 25.2 Å². The van der Waals surface area contributed by atoms with Gasteiger partial charge >= 0.3 is 0 Å². The third-order valence-corrected chi connectivity index (χ3v) is 6.80. The van der Waals surface area contributed by atoms with Crippen LogP contribution in [-0.4, -0.2) is 64.9 Å². The zero-order chi connectivity index (χ0) is 17.3. The third kappa shape index (κ3) is 3.73. The van der Waals surface area contributed by atoms with Crippen molar-refractivity contribution in [3.8, 4) is 0 Å². The second-order valence-corrected chi connectivity index (χ2v) is 8.99. The van der Waals surface area contributed by atoms with E-state index in [9.17, 15) is 8.42 Å². The standard InChI is InChI=1S/C18H22N4O2S/c23-25(24)13-17-18(14-25)22(12-16-5-1-2-7-20-16)9-8-21(17)11-15-4-3-6-19-10-15/h1-7,10,17-18H,8-9,11-14H2/t17-,18+/m0/s1. The average molecular weight is 358 g/mol. The SMILES string of the molecule is O=S1(=O)C[C@@H]2[C@H](C1)N(Cc1cccnc1)CCN2Cc1ccccn1. The maximum atomic E-state index is 12.3. The molecule has 0 radical (unpaired) electrons. The molecule has 4 heterocycles. The normalized spacial score (nSPS) is 26.4. The summed E-state index contributed by atoms with van der Waals surface area (Å²) >= 11 is 0. The molecule has 25 heavy (non-hydrogen) atoms. The van der Waals surface area contributed by atoms with E-state index in [-0.39, 0.29) is 23.6 Å². The van der Waals surface area contributed by atoms with Crippen LogP contribution in [0.15, 0.2) is 48.9 Å². The summed E-state index contributed by atoms with van der Waals surface area (Å²) in [6, 6.07) is 9.93. The number of fused-ring (bicyclic) bond motifs is 1. The Morgan fingerprint density at radius 2 is 1.72 bits per heavy atom. The molecule has 0 aromatic carbocycles. The fourth-order valence-corrected chi connectivity index (χ4v) is 5.96. The summed E-state index contributed by atoms with van der Waals surface area (Å²) in [5.74, 6) is 0.491. The minimum Gasteiger partial charge on any atom is -0.292 e. The highest BCUT2D eigenvalue weighted by molar-refractivity contribution is 7.91. The van der Waals surface area contributed by atoms with Crippen LogP contribution in [-0.2, 0) is 22.9 Å². The molecule has 0 saturated carbocycles. The van der Waals surface area contributed by atoms with Crippen LogP contribution >= 0.6 is 0 Å². The Morgan fingerprint density at radius 1 is 0.960 bits per heavy atom. The van der Waals surface area contributed by atoms with Crippen molar-refractivity contribution in [3.63, 3.8) is 0 Å².